The summed E-state index contributed by atoms with van der Waals surface area (Å²) in [6.07, 6.45) is 6.16. The van der Waals surface area contributed by atoms with Crippen molar-refractivity contribution in [3.05, 3.63) is 0 Å². The van der Waals surface area contributed by atoms with E-state index in [1.807, 2.05) is 7.05 Å². The number of ether oxygens (including phenoxy) is 2. The van der Waals surface area contributed by atoms with Gasteiger partial charge in [-0.15, -0.1) is 24.0 Å². The van der Waals surface area contributed by atoms with Crippen molar-refractivity contribution in [1.29, 1.82) is 0 Å². The topological polar surface area (TPSA) is 58.1 Å². The smallest absolute Gasteiger partial charge is 0.191 e. The predicted octanol–water partition coefficient (Wildman–Crippen LogP) is 2.33. The molecule has 0 aromatic carbocycles. The highest BCUT2D eigenvalue weighted by Crippen LogP contribution is 2.18. The number of guanidine groups is 1. The number of nitrogens with one attached hydrogen (secondary N) is 2. The molecule has 2 N–H and O–H groups in total. The zero-order valence-corrected chi connectivity index (χ0v) is 18.7. The maximum Gasteiger partial charge on any atom is 0.191 e. The van der Waals surface area contributed by atoms with Crippen LogP contribution in [-0.2, 0) is 9.47 Å². The quantitative estimate of drug-likeness (QED) is 0.199. The van der Waals surface area contributed by atoms with E-state index in [-0.39, 0.29) is 24.0 Å². The molecule has 0 amide bonds. The Kier molecular flexibility index (Phi) is 17.2. The van der Waals surface area contributed by atoms with Gasteiger partial charge in [0.1, 0.15) is 0 Å². The average molecular weight is 470 g/mol. The summed E-state index contributed by atoms with van der Waals surface area (Å²) in [5.41, 5.74) is 0. The van der Waals surface area contributed by atoms with Crippen LogP contribution in [0.5, 0.6) is 0 Å². The minimum Gasteiger partial charge on any atom is -0.379 e. The highest BCUT2D eigenvalue weighted by Gasteiger charge is 2.16. The number of aliphatic imine (C=N–C) groups is 1. The number of likely N-dealkylation sites (tertiary alicyclic amines) is 1. The van der Waals surface area contributed by atoms with Crippen molar-refractivity contribution in [3.8, 4) is 0 Å². The standard InChI is InChI=1S/C18H38N4O2.HI/c1-4-5-13-23-15-16-24-14-10-21-18(19-2)20-9-6-17-7-11-22(3)12-8-17;/h17H,4-16H2,1-3H3,(H2,19,20,21);1H. The van der Waals surface area contributed by atoms with Gasteiger partial charge in [-0.2, -0.15) is 0 Å². The van der Waals surface area contributed by atoms with Crippen molar-refractivity contribution in [2.24, 2.45) is 10.9 Å². The molecule has 1 aliphatic rings. The number of halogens is 1. The summed E-state index contributed by atoms with van der Waals surface area (Å²) >= 11 is 0. The fourth-order valence-corrected chi connectivity index (χ4v) is 2.78. The van der Waals surface area contributed by atoms with Crippen LogP contribution in [-0.4, -0.2) is 77.6 Å². The van der Waals surface area contributed by atoms with E-state index in [1.165, 1.54) is 38.8 Å². The first-order valence-corrected chi connectivity index (χ1v) is 9.54. The fraction of sp³-hybridized carbons (Fsp3) is 0.944. The molecule has 0 saturated carbocycles. The average Bonchev–Trinajstić information content (AvgIpc) is 2.60. The van der Waals surface area contributed by atoms with Gasteiger partial charge in [0.2, 0.25) is 0 Å². The third-order valence-corrected chi connectivity index (χ3v) is 4.46. The Hall–Kier alpha value is -0.120. The van der Waals surface area contributed by atoms with E-state index in [1.54, 1.807) is 0 Å². The van der Waals surface area contributed by atoms with Crippen molar-refractivity contribution in [2.45, 2.75) is 39.0 Å². The van der Waals surface area contributed by atoms with E-state index in [0.29, 0.717) is 19.8 Å². The van der Waals surface area contributed by atoms with Crippen molar-refractivity contribution >= 4 is 29.9 Å². The Balaban J connectivity index is 0.00000576. The third-order valence-electron chi connectivity index (χ3n) is 4.46. The van der Waals surface area contributed by atoms with Gasteiger partial charge in [0, 0.05) is 26.7 Å². The molecule has 0 unspecified atom stereocenters. The van der Waals surface area contributed by atoms with E-state index >= 15 is 0 Å². The van der Waals surface area contributed by atoms with Gasteiger partial charge >= 0.3 is 0 Å². The Morgan fingerprint density at radius 3 is 2.32 bits per heavy atom. The molecule has 1 fully saturated rings. The maximum atomic E-state index is 5.54. The minimum atomic E-state index is 0. The second-order valence-corrected chi connectivity index (χ2v) is 6.54. The number of hydrogen-bond donors (Lipinski definition) is 2. The lowest BCUT2D eigenvalue weighted by molar-refractivity contribution is 0.0487. The van der Waals surface area contributed by atoms with Crippen molar-refractivity contribution < 1.29 is 9.47 Å². The van der Waals surface area contributed by atoms with Gasteiger partial charge in [0.25, 0.3) is 0 Å². The molecule has 0 aromatic rings. The molecule has 0 radical (unpaired) electrons. The first-order valence-electron chi connectivity index (χ1n) is 9.54. The summed E-state index contributed by atoms with van der Waals surface area (Å²) in [4.78, 5) is 6.67. The lowest BCUT2D eigenvalue weighted by Crippen LogP contribution is -2.40. The zero-order valence-electron chi connectivity index (χ0n) is 16.4. The molecule has 25 heavy (non-hydrogen) atoms. The van der Waals surface area contributed by atoms with E-state index < -0.39 is 0 Å². The van der Waals surface area contributed by atoms with Crippen LogP contribution in [0.25, 0.3) is 0 Å². The van der Waals surface area contributed by atoms with E-state index in [0.717, 1.165) is 38.0 Å². The normalized spacial score (nSPS) is 16.5. The monoisotopic (exact) mass is 470 g/mol. The van der Waals surface area contributed by atoms with E-state index in [9.17, 15) is 0 Å². The molecule has 1 aliphatic heterocycles. The lowest BCUT2D eigenvalue weighted by atomic mass is 9.94. The largest absolute Gasteiger partial charge is 0.379 e. The summed E-state index contributed by atoms with van der Waals surface area (Å²) in [6, 6.07) is 0. The second-order valence-electron chi connectivity index (χ2n) is 6.54. The molecule has 1 saturated heterocycles. The van der Waals surface area contributed by atoms with E-state index in [2.05, 4.69) is 34.5 Å². The van der Waals surface area contributed by atoms with Crippen LogP contribution in [0.1, 0.15) is 39.0 Å². The summed E-state index contributed by atoms with van der Waals surface area (Å²) in [7, 11) is 4.02. The summed E-state index contributed by atoms with van der Waals surface area (Å²) in [5.74, 6) is 1.72. The SMILES string of the molecule is CCCCOCCOCCNC(=NC)NCCC1CCN(C)CC1.I. The first kappa shape index (κ1) is 24.9. The molecule has 1 rings (SSSR count). The van der Waals surface area contributed by atoms with Crippen LogP contribution in [0.4, 0.5) is 0 Å². The molecule has 0 spiro atoms. The zero-order chi connectivity index (χ0) is 17.5. The molecule has 6 nitrogen and oxygen atoms in total. The molecular weight excluding hydrogens is 431 g/mol. The van der Waals surface area contributed by atoms with Crippen LogP contribution in [0.2, 0.25) is 0 Å². The number of piperidine rings is 1. The molecule has 1 heterocycles. The molecular formula is C18H39IN4O2. The summed E-state index contributed by atoms with van der Waals surface area (Å²) in [5, 5.41) is 6.69. The van der Waals surface area contributed by atoms with Crippen LogP contribution >= 0.6 is 24.0 Å². The van der Waals surface area contributed by atoms with Gasteiger partial charge in [0.05, 0.1) is 19.8 Å². The molecule has 7 heteroatoms. The van der Waals surface area contributed by atoms with Gasteiger partial charge in [-0.3, -0.25) is 4.99 Å². The van der Waals surface area contributed by atoms with Crippen LogP contribution in [0.15, 0.2) is 4.99 Å². The number of hydrogen-bond acceptors (Lipinski definition) is 4. The van der Waals surface area contributed by atoms with Gasteiger partial charge in [-0.25, -0.2) is 0 Å². The Morgan fingerprint density at radius 2 is 1.68 bits per heavy atom. The predicted molar refractivity (Wildman–Crippen MR) is 116 cm³/mol. The van der Waals surface area contributed by atoms with Gasteiger partial charge < -0.3 is 25.0 Å². The number of rotatable bonds is 12. The first-order chi connectivity index (χ1) is 11.8. The number of unbranched alkanes of at least 4 members (excludes halogenated alkanes) is 1. The molecule has 150 valence electrons. The highest BCUT2D eigenvalue weighted by atomic mass is 127. The van der Waals surface area contributed by atoms with Crippen molar-refractivity contribution in [3.63, 3.8) is 0 Å². The van der Waals surface area contributed by atoms with Crippen LogP contribution < -0.4 is 10.6 Å². The minimum absolute atomic E-state index is 0. The number of nitrogens with zero attached hydrogens (tertiary/aromatic N) is 2. The molecule has 0 aromatic heterocycles. The maximum absolute atomic E-state index is 5.54. The van der Waals surface area contributed by atoms with Crippen molar-refractivity contribution in [1.82, 2.24) is 15.5 Å². The molecule has 0 aliphatic carbocycles. The van der Waals surface area contributed by atoms with Gasteiger partial charge in [-0.1, -0.05) is 13.3 Å². The van der Waals surface area contributed by atoms with E-state index in [4.69, 9.17) is 9.47 Å². The Labute approximate surface area is 171 Å². The second kappa shape index (κ2) is 17.3. The van der Waals surface area contributed by atoms with Gasteiger partial charge in [-0.05, 0) is 51.7 Å². The Morgan fingerprint density at radius 1 is 1.04 bits per heavy atom. The molecule has 0 bridgehead atoms. The summed E-state index contributed by atoms with van der Waals surface area (Å²) < 4.78 is 11.0. The highest BCUT2D eigenvalue weighted by molar-refractivity contribution is 14.0. The van der Waals surface area contributed by atoms with Gasteiger partial charge in [0.15, 0.2) is 5.96 Å². The fourth-order valence-electron chi connectivity index (χ4n) is 2.78. The van der Waals surface area contributed by atoms with Crippen molar-refractivity contribution in [2.75, 3.05) is 66.7 Å². The Bertz CT molecular complexity index is 324. The van der Waals surface area contributed by atoms with Crippen LogP contribution in [0, 0.1) is 5.92 Å². The third kappa shape index (κ3) is 13.7. The van der Waals surface area contributed by atoms with Crippen LogP contribution in [0.3, 0.4) is 0 Å². The summed E-state index contributed by atoms with van der Waals surface area (Å²) in [6.45, 7) is 9.24. The lowest BCUT2D eigenvalue weighted by Gasteiger charge is -2.29. The molecule has 0 atom stereocenters.